The molecule has 1 aliphatic rings. The van der Waals surface area contributed by atoms with E-state index in [1.54, 1.807) is 6.26 Å². The van der Waals surface area contributed by atoms with Gasteiger partial charge in [0.2, 0.25) is 5.95 Å². The molecule has 34 heavy (non-hydrogen) atoms. The van der Waals surface area contributed by atoms with E-state index in [0.717, 1.165) is 39.2 Å². The Balaban J connectivity index is 1.53. The van der Waals surface area contributed by atoms with Gasteiger partial charge in [0.25, 0.3) is 0 Å². The summed E-state index contributed by atoms with van der Waals surface area (Å²) in [6.07, 6.45) is 2.32. The van der Waals surface area contributed by atoms with Gasteiger partial charge in [0.1, 0.15) is 11.8 Å². The number of nitrogens with zero attached hydrogens (tertiary/aromatic N) is 4. The Morgan fingerprint density at radius 3 is 2.35 bits per heavy atom. The number of furan rings is 1. The SMILES string of the molecule is Clc1ccc(C2=NN(c3nc(-c4ccccc4)c4cc(Cl)ccc4n3)[C@H](c3ccco3)C2)cc1. The number of halogens is 2. The Labute approximate surface area is 206 Å². The molecule has 0 saturated heterocycles. The second-order valence-electron chi connectivity index (χ2n) is 8.03. The van der Waals surface area contributed by atoms with E-state index in [4.69, 9.17) is 42.7 Å². The second-order valence-corrected chi connectivity index (χ2v) is 8.91. The number of fused-ring (bicyclic) bond motifs is 1. The molecule has 0 saturated carbocycles. The molecule has 7 heteroatoms. The summed E-state index contributed by atoms with van der Waals surface area (Å²) >= 11 is 12.4. The second kappa shape index (κ2) is 8.60. The lowest BCUT2D eigenvalue weighted by atomic mass is 10.0. The van der Waals surface area contributed by atoms with Crippen LogP contribution in [0.2, 0.25) is 10.0 Å². The van der Waals surface area contributed by atoms with Crippen LogP contribution >= 0.6 is 23.2 Å². The molecule has 0 bridgehead atoms. The molecule has 0 radical (unpaired) electrons. The zero-order chi connectivity index (χ0) is 23.1. The van der Waals surface area contributed by atoms with Crippen LogP contribution in [0.4, 0.5) is 5.95 Å². The van der Waals surface area contributed by atoms with Crippen LogP contribution in [0.1, 0.15) is 23.8 Å². The van der Waals surface area contributed by atoms with Crippen molar-refractivity contribution in [3.63, 3.8) is 0 Å². The number of hydrazone groups is 1. The first-order valence-corrected chi connectivity index (χ1v) is 11.6. The fourth-order valence-corrected chi connectivity index (χ4v) is 4.52. The lowest BCUT2D eigenvalue weighted by Gasteiger charge is -2.21. The van der Waals surface area contributed by atoms with Crippen LogP contribution in [0, 0.1) is 0 Å². The predicted octanol–water partition coefficient (Wildman–Crippen LogP) is 7.55. The minimum atomic E-state index is -0.172. The minimum absolute atomic E-state index is 0.172. The normalized spacial score (nSPS) is 15.6. The highest BCUT2D eigenvalue weighted by Crippen LogP contribution is 2.38. The molecule has 2 aromatic heterocycles. The van der Waals surface area contributed by atoms with Gasteiger partial charge in [0.15, 0.2) is 0 Å². The Kier molecular flexibility index (Phi) is 5.28. The van der Waals surface area contributed by atoms with E-state index in [1.165, 1.54) is 0 Å². The molecule has 3 aromatic carbocycles. The van der Waals surface area contributed by atoms with Gasteiger partial charge >= 0.3 is 0 Å². The Morgan fingerprint density at radius 1 is 0.794 bits per heavy atom. The summed E-state index contributed by atoms with van der Waals surface area (Å²) in [5, 5.41) is 9.01. The molecule has 0 amide bonds. The fraction of sp³-hybridized carbons (Fsp3) is 0.0741. The highest BCUT2D eigenvalue weighted by molar-refractivity contribution is 6.31. The summed E-state index contributed by atoms with van der Waals surface area (Å²) in [4.78, 5) is 9.86. The van der Waals surface area contributed by atoms with Crippen molar-refractivity contribution in [2.75, 3.05) is 5.01 Å². The van der Waals surface area contributed by atoms with E-state index in [0.29, 0.717) is 22.4 Å². The van der Waals surface area contributed by atoms with Gasteiger partial charge in [-0.2, -0.15) is 5.10 Å². The molecule has 3 heterocycles. The molecule has 0 fully saturated rings. The average Bonchev–Trinajstić information content (AvgIpc) is 3.55. The van der Waals surface area contributed by atoms with Crippen molar-refractivity contribution in [3.8, 4) is 11.3 Å². The first-order chi connectivity index (χ1) is 16.7. The van der Waals surface area contributed by atoms with Crippen molar-refractivity contribution in [1.29, 1.82) is 0 Å². The Hall–Kier alpha value is -3.67. The number of aromatic nitrogens is 2. The zero-order valence-corrected chi connectivity index (χ0v) is 19.4. The lowest BCUT2D eigenvalue weighted by molar-refractivity contribution is 0.463. The topological polar surface area (TPSA) is 54.5 Å². The molecule has 0 N–H and O–H groups in total. The van der Waals surface area contributed by atoms with Crippen molar-refractivity contribution >= 4 is 45.8 Å². The fourth-order valence-electron chi connectivity index (χ4n) is 4.22. The third-order valence-electron chi connectivity index (χ3n) is 5.86. The minimum Gasteiger partial charge on any atom is -0.467 e. The molecule has 6 rings (SSSR count). The highest BCUT2D eigenvalue weighted by Gasteiger charge is 2.34. The highest BCUT2D eigenvalue weighted by atomic mass is 35.5. The van der Waals surface area contributed by atoms with Crippen LogP contribution in [0.15, 0.2) is 101 Å². The first kappa shape index (κ1) is 20.9. The van der Waals surface area contributed by atoms with Gasteiger partial charge in [0.05, 0.1) is 23.2 Å². The molecule has 166 valence electrons. The number of benzene rings is 3. The molecule has 0 aliphatic carbocycles. The number of rotatable bonds is 4. The maximum atomic E-state index is 6.32. The molecule has 5 nitrogen and oxygen atoms in total. The van der Waals surface area contributed by atoms with E-state index < -0.39 is 0 Å². The lowest BCUT2D eigenvalue weighted by Crippen LogP contribution is -2.20. The number of anilines is 1. The average molecular weight is 485 g/mol. The van der Waals surface area contributed by atoms with Crippen LogP contribution in [-0.2, 0) is 0 Å². The smallest absolute Gasteiger partial charge is 0.248 e. The van der Waals surface area contributed by atoms with Crippen LogP contribution in [0.5, 0.6) is 0 Å². The summed E-state index contributed by atoms with van der Waals surface area (Å²) in [7, 11) is 0. The van der Waals surface area contributed by atoms with Crippen LogP contribution in [0.25, 0.3) is 22.2 Å². The maximum absolute atomic E-state index is 6.32. The van der Waals surface area contributed by atoms with Gasteiger partial charge in [-0.1, -0.05) is 65.7 Å². The summed E-state index contributed by atoms with van der Waals surface area (Å²) in [5.74, 6) is 1.30. The van der Waals surface area contributed by atoms with E-state index in [-0.39, 0.29) is 6.04 Å². The quantitative estimate of drug-likeness (QED) is 0.264. The van der Waals surface area contributed by atoms with E-state index in [1.807, 2.05) is 89.9 Å². The molecule has 5 aromatic rings. The third-order valence-corrected chi connectivity index (χ3v) is 6.34. The Morgan fingerprint density at radius 2 is 1.59 bits per heavy atom. The summed E-state index contributed by atoms with van der Waals surface area (Å²) < 4.78 is 5.78. The third kappa shape index (κ3) is 3.83. The Bertz CT molecular complexity index is 1500. The molecule has 1 atom stereocenters. The predicted molar refractivity (Wildman–Crippen MR) is 137 cm³/mol. The van der Waals surface area contributed by atoms with Crippen molar-refractivity contribution < 1.29 is 4.42 Å². The van der Waals surface area contributed by atoms with Gasteiger partial charge in [-0.3, -0.25) is 0 Å². The molecular weight excluding hydrogens is 467 g/mol. The van der Waals surface area contributed by atoms with Crippen molar-refractivity contribution in [2.24, 2.45) is 5.10 Å². The van der Waals surface area contributed by atoms with Crippen molar-refractivity contribution in [3.05, 3.63) is 113 Å². The molecule has 0 unspecified atom stereocenters. The van der Waals surface area contributed by atoms with E-state index in [9.17, 15) is 0 Å². The van der Waals surface area contributed by atoms with Crippen LogP contribution in [-0.4, -0.2) is 15.7 Å². The van der Waals surface area contributed by atoms with Gasteiger partial charge in [-0.05, 0) is 48.0 Å². The summed E-state index contributed by atoms with van der Waals surface area (Å²) in [5.41, 5.74) is 4.49. The van der Waals surface area contributed by atoms with Crippen LogP contribution in [0.3, 0.4) is 0 Å². The van der Waals surface area contributed by atoms with E-state index >= 15 is 0 Å². The van der Waals surface area contributed by atoms with Gasteiger partial charge in [-0.25, -0.2) is 15.0 Å². The van der Waals surface area contributed by atoms with Crippen LogP contribution < -0.4 is 5.01 Å². The van der Waals surface area contributed by atoms with Gasteiger partial charge in [0, 0.05) is 27.4 Å². The monoisotopic (exact) mass is 484 g/mol. The largest absolute Gasteiger partial charge is 0.467 e. The van der Waals surface area contributed by atoms with E-state index in [2.05, 4.69) is 0 Å². The standard InChI is InChI=1S/C27H18Cl2N4O/c28-19-10-8-17(9-11-19)23-16-24(25-7-4-14-34-25)33(32-23)27-30-22-13-12-20(29)15-21(22)26(31-27)18-5-2-1-3-6-18/h1-15,24H,16H2/t24-/m0/s1. The first-order valence-electron chi connectivity index (χ1n) is 10.8. The van der Waals surface area contributed by atoms with Gasteiger partial charge < -0.3 is 4.42 Å². The van der Waals surface area contributed by atoms with Crippen molar-refractivity contribution in [2.45, 2.75) is 12.5 Å². The zero-order valence-electron chi connectivity index (χ0n) is 17.9. The molecule has 1 aliphatic heterocycles. The maximum Gasteiger partial charge on any atom is 0.248 e. The molecule has 0 spiro atoms. The van der Waals surface area contributed by atoms with Gasteiger partial charge in [-0.15, -0.1) is 0 Å². The summed E-state index contributed by atoms with van der Waals surface area (Å²) in [6, 6.07) is 27.0. The summed E-state index contributed by atoms with van der Waals surface area (Å²) in [6.45, 7) is 0. The molecular formula is C27H18Cl2N4O. The number of hydrogen-bond donors (Lipinski definition) is 0. The van der Waals surface area contributed by atoms with Crippen molar-refractivity contribution in [1.82, 2.24) is 9.97 Å². The number of hydrogen-bond acceptors (Lipinski definition) is 5.